The van der Waals surface area contributed by atoms with Crippen molar-refractivity contribution >= 4 is 0 Å². The monoisotopic (exact) mass is 745 g/mol. The van der Waals surface area contributed by atoms with Crippen molar-refractivity contribution in [2.24, 2.45) is 5.92 Å². The van der Waals surface area contributed by atoms with E-state index in [0.717, 1.165) is 73.3 Å². The zero-order valence-corrected chi connectivity index (χ0v) is 35.1. The first-order valence-electron chi connectivity index (χ1n) is 21.1. The predicted octanol–water partition coefficient (Wildman–Crippen LogP) is 12.2. The van der Waals surface area contributed by atoms with Crippen LogP contribution in [0.15, 0.2) is 59.2 Å². The van der Waals surface area contributed by atoms with E-state index in [2.05, 4.69) is 91.8 Å². The highest BCUT2D eigenvalue weighted by Crippen LogP contribution is 2.53. The summed E-state index contributed by atoms with van der Waals surface area (Å²) in [5.74, 6) is 3.73. The van der Waals surface area contributed by atoms with Crippen molar-refractivity contribution in [2.75, 3.05) is 39.6 Å². The molecule has 54 heavy (non-hydrogen) atoms. The van der Waals surface area contributed by atoms with Crippen molar-refractivity contribution in [1.29, 1.82) is 0 Å². The number of allylic oxidation sites excluding steroid dienone is 6. The lowest BCUT2D eigenvalue weighted by Gasteiger charge is -2.46. The van der Waals surface area contributed by atoms with E-state index < -0.39 is 0 Å². The van der Waals surface area contributed by atoms with Crippen LogP contribution in [0.4, 0.5) is 0 Å². The van der Waals surface area contributed by atoms with Crippen molar-refractivity contribution in [3.05, 3.63) is 81.5 Å². The Kier molecular flexibility index (Phi) is 18.0. The SMILES string of the molecule is CCCCCc1cc(O)c(C/C=C(\C)CCC=C(C)C)c(OCCOCCOCCOc2cc(CCCCC)cc3c2[C@@H]2C=C(C)CC[C@H]2C(C)(C)O3)c1. The second kappa shape index (κ2) is 22.4. The summed E-state index contributed by atoms with van der Waals surface area (Å²) < 4.78 is 31.3. The molecule has 0 aromatic heterocycles. The number of hydrogen-bond donors (Lipinski definition) is 1. The second-order valence-corrected chi connectivity index (χ2v) is 16.4. The summed E-state index contributed by atoms with van der Waals surface area (Å²) in [6.45, 7) is 20.4. The third-order valence-electron chi connectivity index (χ3n) is 11.0. The van der Waals surface area contributed by atoms with Gasteiger partial charge in [0.1, 0.15) is 41.8 Å². The molecule has 1 N–H and O–H groups in total. The molecule has 1 heterocycles. The molecule has 0 bridgehead atoms. The van der Waals surface area contributed by atoms with E-state index >= 15 is 0 Å². The van der Waals surface area contributed by atoms with Gasteiger partial charge in [-0.15, -0.1) is 0 Å². The van der Waals surface area contributed by atoms with Crippen molar-refractivity contribution in [1.82, 2.24) is 0 Å². The maximum absolute atomic E-state index is 11.0. The van der Waals surface area contributed by atoms with Gasteiger partial charge in [-0.3, -0.25) is 0 Å². The van der Waals surface area contributed by atoms with E-state index in [-0.39, 0.29) is 5.60 Å². The molecule has 2 atom stereocenters. The Hall–Kier alpha value is -3.22. The predicted molar refractivity (Wildman–Crippen MR) is 224 cm³/mol. The first-order chi connectivity index (χ1) is 26.0. The van der Waals surface area contributed by atoms with Crippen molar-refractivity contribution < 1.29 is 28.8 Å². The molecule has 2 aliphatic rings. The topological polar surface area (TPSA) is 66.4 Å². The Balaban J connectivity index is 1.27. The Labute approximate surface area is 328 Å². The first-order valence-corrected chi connectivity index (χ1v) is 21.1. The molecule has 2 aromatic rings. The molecule has 0 spiro atoms. The number of aryl methyl sites for hydroxylation is 2. The van der Waals surface area contributed by atoms with Gasteiger partial charge in [0, 0.05) is 23.0 Å². The van der Waals surface area contributed by atoms with Gasteiger partial charge in [-0.05, 0) is 135 Å². The van der Waals surface area contributed by atoms with Gasteiger partial charge in [0.05, 0.1) is 26.4 Å². The third-order valence-corrected chi connectivity index (χ3v) is 11.0. The molecule has 2 aromatic carbocycles. The standard InChI is InChI=1S/C48H72O6/c1-9-11-13-18-38-31-43(49)40(22-20-36(5)17-15-16-35(3)4)44(32-38)52-28-26-50-24-25-51-27-29-53-45-33-39(19-14-12-10-2)34-46-47(45)41-30-37(6)21-23-42(41)48(7,8)54-46/h16,20,30-34,41-42,49H,9-15,17-19,21-29H2,1-8H3/b36-20+/t41-,42-/m1/s1. The maximum atomic E-state index is 11.0. The van der Waals surface area contributed by atoms with Gasteiger partial charge in [0.25, 0.3) is 0 Å². The first kappa shape index (κ1) is 43.5. The number of rotatable bonds is 24. The lowest BCUT2D eigenvalue weighted by Crippen LogP contribution is -2.45. The highest BCUT2D eigenvalue weighted by molar-refractivity contribution is 5.55. The fourth-order valence-corrected chi connectivity index (χ4v) is 7.86. The minimum atomic E-state index is -0.216. The van der Waals surface area contributed by atoms with Crippen molar-refractivity contribution in [2.45, 2.75) is 150 Å². The van der Waals surface area contributed by atoms with Gasteiger partial charge < -0.3 is 28.8 Å². The molecule has 4 rings (SSSR count). The molecule has 0 saturated carbocycles. The number of aromatic hydroxyl groups is 1. The minimum Gasteiger partial charge on any atom is -0.508 e. The highest BCUT2D eigenvalue weighted by Gasteiger charge is 2.45. The summed E-state index contributed by atoms with van der Waals surface area (Å²) in [4.78, 5) is 0. The van der Waals surface area contributed by atoms with Crippen LogP contribution in [-0.4, -0.2) is 50.3 Å². The summed E-state index contributed by atoms with van der Waals surface area (Å²) in [6.07, 6.45) is 20.9. The van der Waals surface area contributed by atoms with Gasteiger partial charge >= 0.3 is 0 Å². The van der Waals surface area contributed by atoms with Gasteiger partial charge in [-0.25, -0.2) is 0 Å². The number of unbranched alkanes of at least 4 members (excludes halogenated alkanes) is 4. The summed E-state index contributed by atoms with van der Waals surface area (Å²) in [6, 6.07) is 8.55. The fraction of sp³-hybridized carbons (Fsp3) is 0.625. The van der Waals surface area contributed by atoms with E-state index in [4.69, 9.17) is 23.7 Å². The molecular formula is C48H72O6. The molecule has 0 fully saturated rings. The zero-order valence-electron chi connectivity index (χ0n) is 35.1. The molecule has 0 amide bonds. The number of hydrogen-bond acceptors (Lipinski definition) is 6. The summed E-state index contributed by atoms with van der Waals surface area (Å²) in [5, 5.41) is 11.0. The molecule has 1 aliphatic heterocycles. The van der Waals surface area contributed by atoms with Crippen LogP contribution in [0.3, 0.4) is 0 Å². The summed E-state index contributed by atoms with van der Waals surface area (Å²) in [7, 11) is 0. The lowest BCUT2D eigenvalue weighted by atomic mass is 9.68. The summed E-state index contributed by atoms with van der Waals surface area (Å²) in [5.41, 5.74) is 8.34. The van der Waals surface area contributed by atoms with Crippen molar-refractivity contribution in [3.8, 4) is 23.0 Å². The molecule has 6 nitrogen and oxygen atoms in total. The molecule has 0 saturated heterocycles. The van der Waals surface area contributed by atoms with Gasteiger partial charge in [-0.2, -0.15) is 0 Å². The Bertz CT molecular complexity index is 1540. The van der Waals surface area contributed by atoms with Crippen LogP contribution < -0.4 is 14.2 Å². The van der Waals surface area contributed by atoms with Crippen LogP contribution in [0.25, 0.3) is 0 Å². The quantitative estimate of drug-likeness (QED) is 0.0853. The third kappa shape index (κ3) is 13.5. The zero-order chi connectivity index (χ0) is 38.9. The maximum Gasteiger partial charge on any atom is 0.127 e. The van der Waals surface area contributed by atoms with Gasteiger partial charge in [-0.1, -0.05) is 74.5 Å². The average molecular weight is 745 g/mol. The molecule has 0 unspecified atom stereocenters. The normalized spacial score (nSPS) is 17.6. The molecule has 1 aliphatic carbocycles. The van der Waals surface area contributed by atoms with Gasteiger partial charge in [0.2, 0.25) is 0 Å². The largest absolute Gasteiger partial charge is 0.508 e. The Morgan fingerprint density at radius 1 is 0.815 bits per heavy atom. The van der Waals surface area contributed by atoms with Crippen LogP contribution in [0.2, 0.25) is 0 Å². The number of fused-ring (bicyclic) bond motifs is 3. The smallest absolute Gasteiger partial charge is 0.127 e. The van der Waals surface area contributed by atoms with Crippen LogP contribution in [0.1, 0.15) is 148 Å². The van der Waals surface area contributed by atoms with Gasteiger partial charge in [0.15, 0.2) is 0 Å². The van der Waals surface area contributed by atoms with Crippen LogP contribution in [0.5, 0.6) is 23.0 Å². The number of benzene rings is 2. The van der Waals surface area contributed by atoms with E-state index in [1.54, 1.807) is 0 Å². The second-order valence-electron chi connectivity index (χ2n) is 16.4. The number of ether oxygens (including phenoxy) is 5. The molecular weight excluding hydrogens is 673 g/mol. The minimum absolute atomic E-state index is 0.216. The molecule has 6 heteroatoms. The van der Waals surface area contributed by atoms with Crippen LogP contribution in [-0.2, 0) is 28.7 Å². The number of phenols is 1. The highest BCUT2D eigenvalue weighted by atomic mass is 16.6. The van der Waals surface area contributed by atoms with Crippen LogP contribution >= 0.6 is 0 Å². The molecule has 0 radical (unpaired) electrons. The Morgan fingerprint density at radius 2 is 1.43 bits per heavy atom. The average Bonchev–Trinajstić information content (AvgIpc) is 3.11. The van der Waals surface area contributed by atoms with E-state index in [0.29, 0.717) is 63.6 Å². The fourth-order valence-electron chi connectivity index (χ4n) is 7.86. The van der Waals surface area contributed by atoms with Crippen LogP contribution in [0, 0.1) is 5.92 Å². The Morgan fingerprint density at radius 3 is 2.07 bits per heavy atom. The number of phenolic OH excluding ortho intramolecular Hbond substituents is 1. The lowest BCUT2D eigenvalue weighted by molar-refractivity contribution is 0.00921. The van der Waals surface area contributed by atoms with E-state index in [9.17, 15) is 5.11 Å². The summed E-state index contributed by atoms with van der Waals surface area (Å²) >= 11 is 0. The van der Waals surface area contributed by atoms with E-state index in [1.165, 1.54) is 60.0 Å². The van der Waals surface area contributed by atoms with Crippen molar-refractivity contribution in [3.63, 3.8) is 0 Å². The molecule has 300 valence electrons. The van der Waals surface area contributed by atoms with E-state index in [1.807, 2.05) is 6.07 Å².